The Balaban J connectivity index is -0.000000558. The summed E-state index contributed by atoms with van der Waals surface area (Å²) in [5.41, 5.74) is 7.07. The molecule has 2 aromatic rings. The maximum Gasteiger partial charge on any atom is 0.242 e. The summed E-state index contributed by atoms with van der Waals surface area (Å²) in [7, 11) is 0. The Bertz CT molecular complexity index is 904. The molecule has 0 aliphatic rings. The van der Waals surface area contributed by atoms with Crippen molar-refractivity contribution < 1.29 is 19.2 Å². The first-order valence-corrected chi connectivity index (χ1v) is 14.6. The predicted octanol–water partition coefficient (Wildman–Crippen LogP) is 5.19. The van der Waals surface area contributed by atoms with E-state index >= 15 is 0 Å². The minimum absolute atomic E-state index is 0.00926. The number of nitrogens with one attached hydrogen (secondary N) is 3. The largest absolute Gasteiger partial charge is 0.369 e. The molecule has 0 saturated carbocycles. The van der Waals surface area contributed by atoms with Crippen LogP contribution in [0.1, 0.15) is 79.4 Å². The van der Waals surface area contributed by atoms with Crippen LogP contribution < -0.4 is 21.7 Å². The Morgan fingerprint density at radius 1 is 0.878 bits per heavy atom. The van der Waals surface area contributed by atoms with Gasteiger partial charge in [0.05, 0.1) is 6.54 Å². The van der Waals surface area contributed by atoms with Crippen molar-refractivity contribution in [3.63, 3.8) is 0 Å². The third-order valence-electron chi connectivity index (χ3n) is 5.01. The van der Waals surface area contributed by atoms with Crippen molar-refractivity contribution >= 4 is 24.1 Å². The van der Waals surface area contributed by atoms with Crippen LogP contribution in [0, 0.1) is 18.8 Å². The van der Waals surface area contributed by atoms with E-state index < -0.39 is 11.9 Å². The van der Waals surface area contributed by atoms with Crippen molar-refractivity contribution in [3.8, 4) is 0 Å². The molecular weight excluding hydrogens is 516 g/mol. The van der Waals surface area contributed by atoms with E-state index in [0.717, 1.165) is 11.5 Å². The molecule has 0 spiro atoms. The van der Waals surface area contributed by atoms with E-state index in [1.165, 1.54) is 18.4 Å². The topological polar surface area (TPSA) is 130 Å². The number of hydrogen-bond acceptors (Lipinski definition) is 4. The lowest BCUT2D eigenvalue weighted by atomic mass is 10.1. The van der Waals surface area contributed by atoms with Gasteiger partial charge in [-0.25, -0.2) is 0 Å². The summed E-state index contributed by atoms with van der Waals surface area (Å²) in [5, 5.41) is 7.56. The molecule has 0 fully saturated rings. The molecule has 41 heavy (non-hydrogen) atoms. The maximum atomic E-state index is 11.9. The summed E-state index contributed by atoms with van der Waals surface area (Å²) in [4.78, 5) is 43.6. The van der Waals surface area contributed by atoms with E-state index in [1.807, 2.05) is 69.3 Å². The summed E-state index contributed by atoms with van der Waals surface area (Å²) in [6.07, 6.45) is 3.55. The van der Waals surface area contributed by atoms with E-state index in [2.05, 4.69) is 55.8 Å². The summed E-state index contributed by atoms with van der Waals surface area (Å²) < 4.78 is 0. The van der Waals surface area contributed by atoms with Crippen LogP contribution in [-0.2, 0) is 25.6 Å². The highest BCUT2D eigenvalue weighted by Crippen LogP contribution is 2.03. The fraction of sp³-hybridized carbons (Fsp3) is 0.515. The van der Waals surface area contributed by atoms with Gasteiger partial charge >= 0.3 is 0 Å². The quantitative estimate of drug-likeness (QED) is 0.276. The molecule has 0 heterocycles. The second kappa shape index (κ2) is 29.3. The second-order valence-corrected chi connectivity index (χ2v) is 9.60. The van der Waals surface area contributed by atoms with Crippen LogP contribution in [0.4, 0.5) is 0 Å². The lowest BCUT2D eigenvalue weighted by Crippen LogP contribution is -2.50. The zero-order valence-corrected chi connectivity index (χ0v) is 26.8. The van der Waals surface area contributed by atoms with Crippen molar-refractivity contribution in [1.82, 2.24) is 16.0 Å². The third kappa shape index (κ3) is 29.1. The molecule has 8 heteroatoms. The van der Waals surface area contributed by atoms with Crippen molar-refractivity contribution in [2.45, 2.75) is 87.6 Å². The molecule has 1 unspecified atom stereocenters. The monoisotopic (exact) mass is 572 g/mol. The smallest absolute Gasteiger partial charge is 0.242 e. The first-order chi connectivity index (χ1) is 19.5. The number of primary amides is 1. The normalized spacial score (nSPS) is 9.93. The molecule has 0 saturated heterocycles. The SMILES string of the molecule is CC.CC(C)C(N)=O.CCCC(C)C.CCNC(=O)C(Cc1ccccc1)NC(=O)CNC=O.Cc1ccccc1. The summed E-state index contributed by atoms with van der Waals surface area (Å²) >= 11 is 0. The number of carbonyl (C=O) groups excluding carboxylic acids is 4. The van der Waals surface area contributed by atoms with Gasteiger partial charge in [-0.3, -0.25) is 19.2 Å². The van der Waals surface area contributed by atoms with Gasteiger partial charge in [0.2, 0.25) is 24.1 Å². The number of nitrogens with two attached hydrogens (primary N) is 1. The number of likely N-dealkylation sites (N-methyl/N-ethyl adjacent to an activating group) is 1. The Morgan fingerprint density at radius 3 is 1.68 bits per heavy atom. The van der Waals surface area contributed by atoms with Gasteiger partial charge in [0.1, 0.15) is 6.04 Å². The first-order valence-electron chi connectivity index (χ1n) is 14.6. The van der Waals surface area contributed by atoms with E-state index in [1.54, 1.807) is 13.8 Å². The minimum atomic E-state index is -0.654. The number of hydrogen-bond donors (Lipinski definition) is 4. The Kier molecular flexibility index (Phi) is 29.9. The van der Waals surface area contributed by atoms with Crippen molar-refractivity contribution in [3.05, 3.63) is 71.8 Å². The Labute approximate surface area is 249 Å². The summed E-state index contributed by atoms with van der Waals surface area (Å²) in [6, 6.07) is 19.0. The number of carbonyl (C=O) groups is 4. The molecule has 0 aliphatic carbocycles. The predicted molar refractivity (Wildman–Crippen MR) is 171 cm³/mol. The molecule has 0 aliphatic heterocycles. The van der Waals surface area contributed by atoms with Crippen LogP contribution in [0.5, 0.6) is 0 Å². The average molecular weight is 573 g/mol. The highest BCUT2D eigenvalue weighted by atomic mass is 16.2. The zero-order valence-electron chi connectivity index (χ0n) is 26.8. The number of rotatable bonds is 11. The van der Waals surface area contributed by atoms with Crippen LogP contribution in [0.2, 0.25) is 0 Å². The van der Waals surface area contributed by atoms with Gasteiger partial charge in [-0.2, -0.15) is 0 Å². The maximum absolute atomic E-state index is 11.9. The van der Waals surface area contributed by atoms with E-state index in [-0.39, 0.29) is 24.3 Å². The molecule has 1 atom stereocenters. The second-order valence-electron chi connectivity index (χ2n) is 9.60. The number of benzene rings is 2. The molecule has 5 N–H and O–H groups in total. The van der Waals surface area contributed by atoms with Gasteiger partial charge in [-0.05, 0) is 25.3 Å². The van der Waals surface area contributed by atoms with Gasteiger partial charge in [0, 0.05) is 18.9 Å². The third-order valence-corrected chi connectivity index (χ3v) is 5.01. The molecule has 0 bridgehead atoms. The van der Waals surface area contributed by atoms with E-state index in [9.17, 15) is 19.2 Å². The van der Waals surface area contributed by atoms with Crippen LogP contribution in [0.25, 0.3) is 0 Å². The van der Waals surface area contributed by atoms with Crippen LogP contribution >= 0.6 is 0 Å². The number of aryl methyl sites for hydroxylation is 1. The Morgan fingerprint density at radius 2 is 1.37 bits per heavy atom. The van der Waals surface area contributed by atoms with Crippen molar-refractivity contribution in [2.24, 2.45) is 17.6 Å². The standard InChI is InChI=1S/C14H19N3O3.C7H8.C6H14.C4H9NO.C2H6/c1-2-16-14(20)12(17-13(19)9-15-10-18)8-11-6-4-3-5-7-11;1-7-5-3-2-4-6-7;1-4-5-6(2)3;1-3(2)4(5)6;1-2/h3-7,10,12H,2,8-9H2,1H3,(H,15,18)(H,16,20)(H,17,19);2-6H,1H3;6H,4-5H2,1-3H3;3H,1-2H3,(H2,5,6);1-2H3. The molecule has 0 radical (unpaired) electrons. The van der Waals surface area contributed by atoms with Crippen LogP contribution in [0.3, 0.4) is 0 Å². The van der Waals surface area contributed by atoms with E-state index in [0.29, 0.717) is 19.4 Å². The number of amides is 4. The molecule has 2 aromatic carbocycles. The van der Waals surface area contributed by atoms with E-state index in [4.69, 9.17) is 5.73 Å². The molecule has 232 valence electrons. The molecule has 0 aromatic heterocycles. The highest BCUT2D eigenvalue weighted by Gasteiger charge is 2.20. The highest BCUT2D eigenvalue weighted by molar-refractivity contribution is 5.89. The lowest BCUT2D eigenvalue weighted by Gasteiger charge is -2.18. The van der Waals surface area contributed by atoms with Crippen LogP contribution in [-0.4, -0.2) is 43.3 Å². The fourth-order valence-electron chi connectivity index (χ4n) is 2.85. The average Bonchev–Trinajstić information content (AvgIpc) is 2.94. The minimum Gasteiger partial charge on any atom is -0.369 e. The summed E-state index contributed by atoms with van der Waals surface area (Å²) in [5.74, 6) is 0.00934. The van der Waals surface area contributed by atoms with Gasteiger partial charge in [0.15, 0.2) is 0 Å². The van der Waals surface area contributed by atoms with Crippen molar-refractivity contribution in [1.29, 1.82) is 0 Å². The van der Waals surface area contributed by atoms with Gasteiger partial charge in [-0.15, -0.1) is 0 Å². The van der Waals surface area contributed by atoms with Gasteiger partial charge < -0.3 is 21.7 Å². The lowest BCUT2D eigenvalue weighted by molar-refractivity contribution is -0.128. The van der Waals surface area contributed by atoms with Gasteiger partial charge in [0.25, 0.3) is 0 Å². The zero-order chi connectivity index (χ0) is 32.1. The molecule has 4 amide bonds. The molecular formula is C33H56N4O4. The van der Waals surface area contributed by atoms with Crippen LogP contribution in [0.15, 0.2) is 60.7 Å². The molecule has 2 rings (SSSR count). The Hall–Kier alpha value is -3.68. The van der Waals surface area contributed by atoms with Gasteiger partial charge in [-0.1, -0.05) is 128 Å². The fourth-order valence-corrected chi connectivity index (χ4v) is 2.85. The first kappa shape index (κ1) is 41.8. The molecule has 8 nitrogen and oxygen atoms in total. The van der Waals surface area contributed by atoms with Crippen molar-refractivity contribution in [2.75, 3.05) is 13.1 Å². The summed E-state index contributed by atoms with van der Waals surface area (Å²) in [6.45, 7) is 18.5.